The van der Waals surface area contributed by atoms with Gasteiger partial charge in [0.2, 0.25) is 5.91 Å². The van der Waals surface area contributed by atoms with Crippen molar-refractivity contribution in [3.63, 3.8) is 0 Å². The fourth-order valence-electron chi connectivity index (χ4n) is 2.62. The predicted octanol–water partition coefficient (Wildman–Crippen LogP) is 1.24. The third-order valence-electron chi connectivity index (χ3n) is 3.99. The minimum atomic E-state index is 0.172. The maximum absolute atomic E-state index is 12.6. The Balaban J connectivity index is 1.93. The van der Waals surface area contributed by atoms with E-state index in [0.717, 1.165) is 31.6 Å². The highest BCUT2D eigenvalue weighted by molar-refractivity contribution is 5.78. The second kappa shape index (κ2) is 7.52. The SMILES string of the molecule is CC(C)N(Cc1ccccn1)C(=O)CN1CCC(N)CC1. The summed E-state index contributed by atoms with van der Waals surface area (Å²) in [6, 6.07) is 6.28. The van der Waals surface area contributed by atoms with Crippen LogP contribution in [-0.2, 0) is 11.3 Å². The molecule has 2 N–H and O–H groups in total. The van der Waals surface area contributed by atoms with Crippen molar-refractivity contribution >= 4 is 5.91 Å². The number of likely N-dealkylation sites (tertiary alicyclic amines) is 1. The number of hydrogen-bond donors (Lipinski definition) is 1. The van der Waals surface area contributed by atoms with Crippen molar-refractivity contribution in [2.45, 2.75) is 45.3 Å². The standard InChI is InChI=1S/C16H26N4O/c1-13(2)20(11-15-5-3-4-8-18-15)16(21)12-19-9-6-14(17)7-10-19/h3-5,8,13-14H,6-7,9-12,17H2,1-2H3. The number of pyridine rings is 1. The van der Waals surface area contributed by atoms with E-state index in [0.29, 0.717) is 19.1 Å². The predicted molar refractivity (Wildman–Crippen MR) is 83.6 cm³/mol. The summed E-state index contributed by atoms with van der Waals surface area (Å²) in [7, 11) is 0. The van der Waals surface area contributed by atoms with Gasteiger partial charge in [-0.2, -0.15) is 0 Å². The zero-order valence-corrected chi connectivity index (χ0v) is 13.0. The molecule has 0 unspecified atom stereocenters. The van der Waals surface area contributed by atoms with Gasteiger partial charge in [0.15, 0.2) is 0 Å². The van der Waals surface area contributed by atoms with Gasteiger partial charge in [-0.1, -0.05) is 6.07 Å². The zero-order chi connectivity index (χ0) is 15.2. The lowest BCUT2D eigenvalue weighted by molar-refractivity contribution is -0.135. The molecule has 1 aromatic rings. The molecule has 0 spiro atoms. The Morgan fingerprint density at radius 2 is 2.14 bits per heavy atom. The summed E-state index contributed by atoms with van der Waals surface area (Å²) in [5.41, 5.74) is 6.84. The minimum absolute atomic E-state index is 0.172. The van der Waals surface area contributed by atoms with Gasteiger partial charge in [0.1, 0.15) is 0 Å². The van der Waals surface area contributed by atoms with Gasteiger partial charge in [0, 0.05) is 31.4 Å². The van der Waals surface area contributed by atoms with Crippen molar-refractivity contribution in [1.82, 2.24) is 14.8 Å². The van der Waals surface area contributed by atoms with Crippen molar-refractivity contribution < 1.29 is 4.79 Å². The van der Waals surface area contributed by atoms with Crippen molar-refractivity contribution in [2.75, 3.05) is 19.6 Å². The molecule has 0 bridgehead atoms. The molecule has 21 heavy (non-hydrogen) atoms. The average molecular weight is 290 g/mol. The molecule has 116 valence electrons. The smallest absolute Gasteiger partial charge is 0.237 e. The van der Waals surface area contributed by atoms with Crippen LogP contribution < -0.4 is 5.73 Å². The molecule has 1 fully saturated rings. The number of rotatable bonds is 5. The highest BCUT2D eigenvalue weighted by atomic mass is 16.2. The van der Waals surface area contributed by atoms with E-state index in [-0.39, 0.29) is 11.9 Å². The Bertz CT molecular complexity index is 441. The van der Waals surface area contributed by atoms with Crippen LogP contribution in [0.5, 0.6) is 0 Å². The van der Waals surface area contributed by atoms with Gasteiger partial charge in [-0.3, -0.25) is 14.7 Å². The van der Waals surface area contributed by atoms with Crippen LogP contribution in [-0.4, -0.2) is 52.4 Å². The fourth-order valence-corrected chi connectivity index (χ4v) is 2.62. The average Bonchev–Trinajstić information content (AvgIpc) is 2.48. The summed E-state index contributed by atoms with van der Waals surface area (Å²) in [4.78, 5) is 21.0. The first-order valence-electron chi connectivity index (χ1n) is 7.73. The van der Waals surface area contributed by atoms with E-state index in [9.17, 15) is 4.79 Å². The van der Waals surface area contributed by atoms with Crippen LogP contribution in [0.4, 0.5) is 0 Å². The number of aromatic nitrogens is 1. The zero-order valence-electron chi connectivity index (χ0n) is 13.0. The van der Waals surface area contributed by atoms with E-state index >= 15 is 0 Å². The van der Waals surface area contributed by atoms with E-state index in [2.05, 4.69) is 9.88 Å². The second-order valence-corrected chi connectivity index (χ2v) is 6.05. The van der Waals surface area contributed by atoms with Gasteiger partial charge in [-0.05, 0) is 38.8 Å². The number of nitrogens with two attached hydrogens (primary N) is 1. The molecule has 0 aromatic carbocycles. The van der Waals surface area contributed by atoms with Crippen molar-refractivity contribution in [1.29, 1.82) is 0 Å². The van der Waals surface area contributed by atoms with E-state index in [1.807, 2.05) is 36.9 Å². The van der Waals surface area contributed by atoms with Crippen LogP contribution in [0.3, 0.4) is 0 Å². The van der Waals surface area contributed by atoms with Gasteiger partial charge >= 0.3 is 0 Å². The molecular weight excluding hydrogens is 264 g/mol. The Morgan fingerprint density at radius 3 is 2.71 bits per heavy atom. The number of piperidine rings is 1. The molecule has 1 amide bonds. The van der Waals surface area contributed by atoms with E-state index < -0.39 is 0 Å². The van der Waals surface area contributed by atoms with Gasteiger partial charge < -0.3 is 10.6 Å². The largest absolute Gasteiger partial charge is 0.333 e. The van der Waals surface area contributed by atoms with Crippen molar-refractivity contribution in [2.24, 2.45) is 5.73 Å². The Labute approximate surface area is 127 Å². The summed E-state index contributed by atoms with van der Waals surface area (Å²) in [5.74, 6) is 0.172. The fraction of sp³-hybridized carbons (Fsp3) is 0.625. The lowest BCUT2D eigenvalue weighted by atomic mass is 10.1. The molecule has 0 aliphatic carbocycles. The highest BCUT2D eigenvalue weighted by Crippen LogP contribution is 2.11. The van der Waals surface area contributed by atoms with Crippen LogP contribution in [0.25, 0.3) is 0 Å². The lowest BCUT2D eigenvalue weighted by Crippen LogP contribution is -2.47. The number of nitrogens with zero attached hydrogens (tertiary/aromatic N) is 3. The topological polar surface area (TPSA) is 62.5 Å². The third kappa shape index (κ3) is 4.79. The number of hydrogen-bond acceptors (Lipinski definition) is 4. The summed E-state index contributed by atoms with van der Waals surface area (Å²) in [6.45, 7) is 6.99. The van der Waals surface area contributed by atoms with Crippen LogP contribution in [0.15, 0.2) is 24.4 Å². The molecule has 1 saturated heterocycles. The molecule has 1 aromatic heterocycles. The summed E-state index contributed by atoms with van der Waals surface area (Å²) >= 11 is 0. The highest BCUT2D eigenvalue weighted by Gasteiger charge is 2.23. The summed E-state index contributed by atoms with van der Waals surface area (Å²) < 4.78 is 0. The lowest BCUT2D eigenvalue weighted by Gasteiger charge is -2.33. The van der Waals surface area contributed by atoms with Crippen LogP contribution >= 0.6 is 0 Å². The van der Waals surface area contributed by atoms with Gasteiger partial charge in [-0.25, -0.2) is 0 Å². The van der Waals surface area contributed by atoms with E-state index in [1.54, 1.807) is 6.20 Å². The molecule has 1 aliphatic heterocycles. The normalized spacial score (nSPS) is 17.1. The van der Waals surface area contributed by atoms with Crippen LogP contribution in [0, 0.1) is 0 Å². The van der Waals surface area contributed by atoms with Gasteiger partial charge in [-0.15, -0.1) is 0 Å². The second-order valence-electron chi connectivity index (χ2n) is 6.05. The minimum Gasteiger partial charge on any atom is -0.333 e. The molecule has 5 nitrogen and oxygen atoms in total. The van der Waals surface area contributed by atoms with Crippen LogP contribution in [0.1, 0.15) is 32.4 Å². The maximum atomic E-state index is 12.6. The Morgan fingerprint density at radius 1 is 1.43 bits per heavy atom. The number of amides is 1. The van der Waals surface area contributed by atoms with Crippen molar-refractivity contribution in [3.8, 4) is 0 Å². The van der Waals surface area contributed by atoms with E-state index in [4.69, 9.17) is 5.73 Å². The molecule has 0 saturated carbocycles. The molecule has 2 heterocycles. The first-order chi connectivity index (χ1) is 10.1. The molecule has 2 rings (SSSR count). The van der Waals surface area contributed by atoms with Crippen LogP contribution in [0.2, 0.25) is 0 Å². The monoisotopic (exact) mass is 290 g/mol. The van der Waals surface area contributed by atoms with Gasteiger partial charge in [0.25, 0.3) is 0 Å². The summed E-state index contributed by atoms with van der Waals surface area (Å²) in [5, 5.41) is 0. The molecule has 0 radical (unpaired) electrons. The third-order valence-corrected chi connectivity index (χ3v) is 3.99. The summed E-state index contributed by atoms with van der Waals surface area (Å²) in [6.07, 6.45) is 3.73. The van der Waals surface area contributed by atoms with Crippen molar-refractivity contribution in [3.05, 3.63) is 30.1 Å². The molecule has 1 aliphatic rings. The first-order valence-corrected chi connectivity index (χ1v) is 7.73. The number of carbonyl (C=O) groups is 1. The maximum Gasteiger partial charge on any atom is 0.237 e. The molecule has 5 heteroatoms. The number of carbonyl (C=O) groups excluding carboxylic acids is 1. The quantitative estimate of drug-likeness (QED) is 0.886. The first kappa shape index (κ1) is 15.9. The molecular formula is C16H26N4O. The van der Waals surface area contributed by atoms with E-state index in [1.165, 1.54) is 0 Å². The Kier molecular flexibility index (Phi) is 5.70. The molecule has 0 atom stereocenters. The van der Waals surface area contributed by atoms with Gasteiger partial charge in [0.05, 0.1) is 18.8 Å². The Hall–Kier alpha value is -1.46.